The number of pyridine rings is 1. The third-order valence-corrected chi connectivity index (χ3v) is 3.12. The number of nitrogens with zero attached hydrogens (tertiary/aromatic N) is 1. The van der Waals surface area contributed by atoms with E-state index in [0.717, 1.165) is 11.8 Å². The van der Waals surface area contributed by atoms with Crippen molar-refractivity contribution in [2.45, 2.75) is 6.04 Å². The summed E-state index contributed by atoms with van der Waals surface area (Å²) in [6.45, 7) is 0. The maximum absolute atomic E-state index is 11.5. The minimum atomic E-state index is -1.14. The number of amides is 2. The van der Waals surface area contributed by atoms with Crippen LogP contribution in [0.25, 0.3) is 0 Å². The Balaban J connectivity index is 2.22. The molecule has 8 nitrogen and oxygen atoms in total. The van der Waals surface area contributed by atoms with Crippen LogP contribution >= 0.6 is 11.8 Å². The number of hydrogen-bond donors (Lipinski definition) is 4. The number of nitrogens with one attached hydrogen (secondary N) is 3. The monoisotopic (exact) mass is 298 g/mol. The number of carboxylic acid groups (broad SMARTS) is 1. The van der Waals surface area contributed by atoms with E-state index in [9.17, 15) is 14.4 Å². The van der Waals surface area contributed by atoms with E-state index in [1.807, 2.05) is 0 Å². The van der Waals surface area contributed by atoms with Crippen molar-refractivity contribution in [2.75, 3.05) is 16.9 Å². The molecule has 1 unspecified atom stereocenters. The predicted molar refractivity (Wildman–Crippen MR) is 74.0 cm³/mol. The SMILES string of the molecule is O=CNC(CSCC(=O)NNc1ccccn1)C(=O)O. The van der Waals surface area contributed by atoms with Gasteiger partial charge in [0, 0.05) is 11.9 Å². The van der Waals surface area contributed by atoms with Crippen molar-refractivity contribution in [3.05, 3.63) is 24.4 Å². The quantitative estimate of drug-likeness (QED) is 0.357. The molecule has 20 heavy (non-hydrogen) atoms. The van der Waals surface area contributed by atoms with Gasteiger partial charge in [-0.2, -0.15) is 0 Å². The molecular formula is C11H14N4O4S. The van der Waals surface area contributed by atoms with Gasteiger partial charge in [-0.25, -0.2) is 9.78 Å². The van der Waals surface area contributed by atoms with Gasteiger partial charge in [0.05, 0.1) is 5.75 Å². The third kappa shape index (κ3) is 6.05. The van der Waals surface area contributed by atoms with Crippen LogP contribution in [0.5, 0.6) is 0 Å². The lowest BCUT2D eigenvalue weighted by molar-refractivity contribution is -0.139. The fourth-order valence-corrected chi connectivity index (χ4v) is 2.00. The van der Waals surface area contributed by atoms with Crippen LogP contribution in [0.2, 0.25) is 0 Å². The number of carbonyl (C=O) groups excluding carboxylic acids is 2. The van der Waals surface area contributed by atoms with Gasteiger partial charge in [0.15, 0.2) is 0 Å². The van der Waals surface area contributed by atoms with Crippen molar-refractivity contribution >= 4 is 35.9 Å². The van der Waals surface area contributed by atoms with Gasteiger partial charge in [0.2, 0.25) is 12.3 Å². The number of carbonyl (C=O) groups is 3. The summed E-state index contributed by atoms with van der Waals surface area (Å²) in [5, 5.41) is 10.9. The van der Waals surface area contributed by atoms with Crippen LogP contribution in [0.1, 0.15) is 0 Å². The van der Waals surface area contributed by atoms with Gasteiger partial charge in [0.25, 0.3) is 0 Å². The maximum Gasteiger partial charge on any atom is 0.327 e. The predicted octanol–water partition coefficient (Wildman–Crippen LogP) is -0.543. The molecule has 1 atom stereocenters. The summed E-state index contributed by atoms with van der Waals surface area (Å²) >= 11 is 1.10. The minimum Gasteiger partial charge on any atom is -0.480 e. The topological polar surface area (TPSA) is 120 Å². The number of hydrogen-bond acceptors (Lipinski definition) is 6. The van der Waals surface area contributed by atoms with E-state index >= 15 is 0 Å². The van der Waals surface area contributed by atoms with Crippen LogP contribution in [0.3, 0.4) is 0 Å². The molecule has 2 amide bonds. The normalized spacial score (nSPS) is 11.2. The van der Waals surface area contributed by atoms with Gasteiger partial charge in [-0.05, 0) is 12.1 Å². The minimum absolute atomic E-state index is 0.0597. The molecule has 0 spiro atoms. The van der Waals surface area contributed by atoms with Gasteiger partial charge in [0.1, 0.15) is 11.9 Å². The van der Waals surface area contributed by atoms with Crippen molar-refractivity contribution in [3.8, 4) is 0 Å². The molecule has 0 aromatic carbocycles. The molecule has 9 heteroatoms. The second-order valence-electron chi connectivity index (χ2n) is 3.58. The maximum atomic E-state index is 11.5. The van der Waals surface area contributed by atoms with Crippen LogP contribution in [-0.4, -0.2) is 45.9 Å². The Morgan fingerprint density at radius 1 is 1.45 bits per heavy atom. The molecule has 1 heterocycles. The number of aliphatic carboxylic acids is 1. The summed E-state index contributed by atoms with van der Waals surface area (Å²) in [5.41, 5.74) is 5.04. The molecule has 1 aromatic rings. The van der Waals surface area contributed by atoms with Crippen LogP contribution < -0.4 is 16.2 Å². The molecule has 1 aromatic heterocycles. The first kappa shape index (κ1) is 15.8. The Bertz CT molecular complexity index is 457. The van der Waals surface area contributed by atoms with Crippen molar-refractivity contribution in [1.29, 1.82) is 0 Å². The van der Waals surface area contributed by atoms with Crippen molar-refractivity contribution in [3.63, 3.8) is 0 Å². The van der Waals surface area contributed by atoms with Crippen LogP contribution in [0.4, 0.5) is 5.82 Å². The molecule has 108 valence electrons. The number of carboxylic acids is 1. The number of hydrazine groups is 1. The molecule has 1 rings (SSSR count). The lowest BCUT2D eigenvalue weighted by atomic mass is 10.3. The zero-order valence-electron chi connectivity index (χ0n) is 10.4. The average molecular weight is 298 g/mol. The van der Waals surface area contributed by atoms with Crippen LogP contribution in [0.15, 0.2) is 24.4 Å². The van der Waals surface area contributed by atoms with E-state index < -0.39 is 12.0 Å². The van der Waals surface area contributed by atoms with Gasteiger partial charge in [-0.1, -0.05) is 6.07 Å². The second-order valence-corrected chi connectivity index (χ2v) is 4.61. The van der Waals surface area contributed by atoms with E-state index in [4.69, 9.17) is 5.11 Å². The molecule has 4 N–H and O–H groups in total. The van der Waals surface area contributed by atoms with Crippen molar-refractivity contribution in [1.82, 2.24) is 15.7 Å². The summed E-state index contributed by atoms with van der Waals surface area (Å²) < 4.78 is 0. The molecule has 0 saturated carbocycles. The number of rotatable bonds is 9. The largest absolute Gasteiger partial charge is 0.480 e. The highest BCUT2D eigenvalue weighted by Crippen LogP contribution is 2.03. The van der Waals surface area contributed by atoms with Crippen molar-refractivity contribution < 1.29 is 19.5 Å². The fourth-order valence-electron chi connectivity index (χ4n) is 1.15. The summed E-state index contributed by atoms with van der Waals surface area (Å²) in [6, 6.07) is 4.18. The number of thioether (sulfide) groups is 1. The molecule has 0 saturated heterocycles. The van der Waals surface area contributed by atoms with Gasteiger partial charge >= 0.3 is 5.97 Å². The van der Waals surface area contributed by atoms with E-state index in [1.54, 1.807) is 24.4 Å². The first-order valence-corrected chi connectivity index (χ1v) is 6.75. The van der Waals surface area contributed by atoms with Gasteiger partial charge in [-0.15, -0.1) is 11.8 Å². The molecule has 0 aliphatic carbocycles. The van der Waals surface area contributed by atoms with Crippen molar-refractivity contribution in [2.24, 2.45) is 0 Å². The second kappa shape index (κ2) is 8.75. The third-order valence-electron chi connectivity index (χ3n) is 2.08. The Hall–Kier alpha value is -2.29. The molecule has 0 aliphatic heterocycles. The average Bonchev–Trinajstić information content (AvgIpc) is 2.45. The Kier molecular flexibility index (Phi) is 6.90. The van der Waals surface area contributed by atoms with Gasteiger partial charge < -0.3 is 10.4 Å². The van der Waals surface area contributed by atoms with E-state index in [1.165, 1.54) is 0 Å². The zero-order chi connectivity index (χ0) is 14.8. The summed E-state index contributed by atoms with van der Waals surface area (Å²) in [6.07, 6.45) is 1.90. The van der Waals surface area contributed by atoms with Gasteiger partial charge in [-0.3, -0.25) is 20.4 Å². The Morgan fingerprint density at radius 3 is 2.85 bits per heavy atom. The summed E-state index contributed by atoms with van der Waals surface area (Å²) in [7, 11) is 0. The van der Waals surface area contributed by atoms with Crippen LogP contribution in [0, 0.1) is 0 Å². The highest BCUT2D eigenvalue weighted by Gasteiger charge is 2.16. The first-order chi connectivity index (χ1) is 9.63. The highest BCUT2D eigenvalue weighted by molar-refractivity contribution is 8.00. The number of anilines is 1. The lowest BCUT2D eigenvalue weighted by Crippen LogP contribution is -2.38. The lowest BCUT2D eigenvalue weighted by Gasteiger charge is -2.11. The Morgan fingerprint density at radius 2 is 2.25 bits per heavy atom. The van der Waals surface area contributed by atoms with E-state index in [0.29, 0.717) is 12.2 Å². The zero-order valence-corrected chi connectivity index (χ0v) is 11.2. The summed E-state index contributed by atoms with van der Waals surface area (Å²) in [4.78, 5) is 36.3. The highest BCUT2D eigenvalue weighted by atomic mass is 32.2. The Labute approximate surface area is 119 Å². The molecular weight excluding hydrogens is 284 g/mol. The summed E-state index contributed by atoms with van der Waals surface area (Å²) in [5.74, 6) is -0.806. The smallest absolute Gasteiger partial charge is 0.327 e. The van der Waals surface area contributed by atoms with E-state index in [2.05, 4.69) is 21.2 Å². The number of aromatic nitrogens is 1. The first-order valence-electron chi connectivity index (χ1n) is 5.59. The molecule has 0 bridgehead atoms. The fraction of sp³-hybridized carbons (Fsp3) is 0.273. The molecule has 0 radical (unpaired) electrons. The standard InChI is InChI=1S/C11H14N4O4S/c16-7-13-8(11(18)19)5-20-6-10(17)15-14-9-3-1-2-4-12-9/h1-4,7-8H,5-6H2,(H,12,14)(H,13,16)(H,15,17)(H,18,19). The van der Waals surface area contributed by atoms with E-state index in [-0.39, 0.29) is 17.4 Å². The molecule has 0 aliphatic rings. The van der Waals surface area contributed by atoms with Crippen LogP contribution in [-0.2, 0) is 14.4 Å². The molecule has 0 fully saturated rings.